The van der Waals surface area contributed by atoms with Gasteiger partial charge in [0.15, 0.2) is 0 Å². The smallest absolute Gasteiger partial charge is 0.351 e. The molecule has 0 atom stereocenters. The topological polar surface area (TPSA) is 73.8 Å². The van der Waals surface area contributed by atoms with Crippen LogP contribution in [0.5, 0.6) is 0 Å². The zero-order chi connectivity index (χ0) is 6.85. The second-order valence-corrected chi connectivity index (χ2v) is 1.57. The highest BCUT2D eigenvalue weighted by Gasteiger charge is 1.92. The fourth-order valence-corrected chi connectivity index (χ4v) is 0.409. The molecule has 1 aromatic heterocycles. The summed E-state index contributed by atoms with van der Waals surface area (Å²) in [6, 6.07) is 0. The Balaban J connectivity index is 3.43. The van der Waals surface area contributed by atoms with Crippen molar-refractivity contribution in [2.45, 2.75) is 0 Å². The molecule has 1 aromatic rings. The lowest BCUT2D eigenvalue weighted by Gasteiger charge is -1.95. The Hall–Kier alpha value is -1.39. The predicted octanol–water partition coefficient (Wildman–Crippen LogP) is -1.24. The Bertz CT molecular complexity index is 266. The van der Waals surface area contributed by atoms with Crippen LogP contribution < -0.4 is 11.4 Å². The molecule has 0 radical (unpaired) electrons. The van der Waals surface area contributed by atoms with Gasteiger partial charge in [0.2, 0.25) is 5.95 Å². The van der Waals surface area contributed by atoms with E-state index in [1.54, 1.807) is 0 Å². The van der Waals surface area contributed by atoms with Crippen LogP contribution >= 0.6 is 0 Å². The van der Waals surface area contributed by atoms with Gasteiger partial charge in [-0.05, 0) is 0 Å². The molecule has 0 unspecified atom stereocenters. The summed E-state index contributed by atoms with van der Waals surface area (Å²) in [5.74, 6) is 0.176. The van der Waals surface area contributed by atoms with E-state index in [0.717, 1.165) is 6.33 Å². The summed E-state index contributed by atoms with van der Waals surface area (Å²) in [5.41, 5.74) is 4.85. The number of rotatable bonds is 0. The average Bonchev–Trinajstić information content (AvgIpc) is 1.83. The standard InChI is InChI=1S/C4H6N4O/c1-8-3(5)6-2-7-4(8)9/h2H,1H3,(H2,5,6,7,9). The van der Waals surface area contributed by atoms with Gasteiger partial charge in [-0.3, -0.25) is 4.57 Å². The summed E-state index contributed by atoms with van der Waals surface area (Å²) >= 11 is 0. The molecule has 48 valence electrons. The fourth-order valence-electron chi connectivity index (χ4n) is 0.409. The van der Waals surface area contributed by atoms with E-state index in [1.807, 2.05) is 0 Å². The summed E-state index contributed by atoms with van der Waals surface area (Å²) in [7, 11) is 1.51. The molecule has 1 rings (SSSR count). The number of anilines is 1. The number of aromatic nitrogens is 3. The molecule has 1 heterocycles. The fraction of sp³-hybridized carbons (Fsp3) is 0.250. The van der Waals surface area contributed by atoms with Crippen LogP contribution in [0.15, 0.2) is 11.1 Å². The van der Waals surface area contributed by atoms with E-state index in [-0.39, 0.29) is 11.6 Å². The molecule has 9 heavy (non-hydrogen) atoms. The second-order valence-electron chi connectivity index (χ2n) is 1.57. The highest BCUT2D eigenvalue weighted by Crippen LogP contribution is 1.81. The Labute approximate surface area is 51.2 Å². The second kappa shape index (κ2) is 1.85. The summed E-state index contributed by atoms with van der Waals surface area (Å²) in [4.78, 5) is 17.5. The van der Waals surface area contributed by atoms with Gasteiger partial charge < -0.3 is 5.73 Å². The molecular formula is C4H6N4O. The minimum Gasteiger partial charge on any atom is -0.369 e. The number of nitrogen functional groups attached to an aromatic ring is 1. The zero-order valence-corrected chi connectivity index (χ0v) is 4.90. The van der Waals surface area contributed by atoms with Crippen molar-refractivity contribution in [1.29, 1.82) is 0 Å². The third kappa shape index (κ3) is 0.883. The van der Waals surface area contributed by atoms with E-state index in [4.69, 9.17) is 5.73 Å². The number of nitrogens with zero attached hydrogens (tertiary/aromatic N) is 3. The Morgan fingerprint density at radius 3 is 2.78 bits per heavy atom. The van der Waals surface area contributed by atoms with Gasteiger partial charge in [0, 0.05) is 7.05 Å². The van der Waals surface area contributed by atoms with Crippen LogP contribution in [-0.4, -0.2) is 14.5 Å². The maximum absolute atomic E-state index is 10.6. The molecule has 0 saturated carbocycles. The number of nitrogens with two attached hydrogens (primary N) is 1. The molecule has 5 heteroatoms. The minimum absolute atomic E-state index is 0.176. The van der Waals surface area contributed by atoms with E-state index in [2.05, 4.69) is 9.97 Å². The molecule has 0 bridgehead atoms. The number of hydrogen-bond donors (Lipinski definition) is 1. The van der Waals surface area contributed by atoms with Gasteiger partial charge in [0.05, 0.1) is 0 Å². The van der Waals surface area contributed by atoms with Gasteiger partial charge in [0.25, 0.3) is 0 Å². The first-order valence-corrected chi connectivity index (χ1v) is 2.35. The van der Waals surface area contributed by atoms with Crippen molar-refractivity contribution < 1.29 is 0 Å². The summed E-state index contributed by atoms with van der Waals surface area (Å²) < 4.78 is 1.17. The maximum Gasteiger partial charge on any atom is 0.351 e. The van der Waals surface area contributed by atoms with Crippen LogP contribution in [0.4, 0.5) is 5.95 Å². The van der Waals surface area contributed by atoms with Crippen molar-refractivity contribution >= 4 is 5.95 Å². The Kier molecular flexibility index (Phi) is 1.18. The first-order chi connectivity index (χ1) is 4.22. The molecule has 0 amide bonds. The van der Waals surface area contributed by atoms with E-state index in [1.165, 1.54) is 11.6 Å². The molecule has 0 fully saturated rings. The van der Waals surface area contributed by atoms with Gasteiger partial charge in [-0.25, -0.2) is 9.78 Å². The van der Waals surface area contributed by atoms with Gasteiger partial charge in [-0.15, -0.1) is 0 Å². The summed E-state index contributed by atoms with van der Waals surface area (Å²) in [6.45, 7) is 0. The van der Waals surface area contributed by atoms with Crippen molar-refractivity contribution in [2.24, 2.45) is 7.05 Å². The highest BCUT2D eigenvalue weighted by molar-refractivity contribution is 5.12. The Morgan fingerprint density at radius 2 is 2.33 bits per heavy atom. The molecule has 5 nitrogen and oxygen atoms in total. The number of hydrogen-bond acceptors (Lipinski definition) is 4. The van der Waals surface area contributed by atoms with Crippen LogP contribution in [0, 0.1) is 0 Å². The predicted molar refractivity (Wildman–Crippen MR) is 31.7 cm³/mol. The van der Waals surface area contributed by atoms with Gasteiger partial charge in [0.1, 0.15) is 6.33 Å². The monoisotopic (exact) mass is 126 g/mol. The summed E-state index contributed by atoms with van der Waals surface area (Å²) in [6.07, 6.45) is 1.14. The van der Waals surface area contributed by atoms with E-state index in [0.29, 0.717) is 0 Å². The van der Waals surface area contributed by atoms with Crippen LogP contribution in [0.1, 0.15) is 0 Å². The van der Waals surface area contributed by atoms with Crippen LogP contribution in [-0.2, 0) is 7.05 Å². The molecular weight excluding hydrogens is 120 g/mol. The van der Waals surface area contributed by atoms with Crippen molar-refractivity contribution in [3.05, 3.63) is 16.8 Å². The third-order valence-corrected chi connectivity index (χ3v) is 0.989. The van der Waals surface area contributed by atoms with Crippen LogP contribution in [0.2, 0.25) is 0 Å². The van der Waals surface area contributed by atoms with E-state index < -0.39 is 0 Å². The lowest BCUT2D eigenvalue weighted by atomic mass is 10.9. The average molecular weight is 126 g/mol. The molecule has 0 aromatic carbocycles. The zero-order valence-electron chi connectivity index (χ0n) is 4.90. The first-order valence-electron chi connectivity index (χ1n) is 2.35. The normalized spacial score (nSPS) is 9.44. The molecule has 0 aliphatic rings. The molecule has 0 spiro atoms. The highest BCUT2D eigenvalue weighted by atomic mass is 16.1. The van der Waals surface area contributed by atoms with Gasteiger partial charge in [-0.1, -0.05) is 0 Å². The van der Waals surface area contributed by atoms with Gasteiger partial charge >= 0.3 is 5.69 Å². The van der Waals surface area contributed by atoms with Crippen molar-refractivity contribution in [3.8, 4) is 0 Å². The lowest BCUT2D eigenvalue weighted by molar-refractivity contribution is 0.787. The van der Waals surface area contributed by atoms with E-state index >= 15 is 0 Å². The largest absolute Gasteiger partial charge is 0.369 e. The molecule has 0 aliphatic carbocycles. The van der Waals surface area contributed by atoms with Gasteiger partial charge in [-0.2, -0.15) is 4.98 Å². The van der Waals surface area contributed by atoms with Crippen molar-refractivity contribution in [1.82, 2.24) is 14.5 Å². The van der Waals surface area contributed by atoms with Crippen molar-refractivity contribution in [2.75, 3.05) is 5.73 Å². The van der Waals surface area contributed by atoms with Crippen LogP contribution in [0.3, 0.4) is 0 Å². The maximum atomic E-state index is 10.6. The minimum atomic E-state index is -0.387. The molecule has 0 saturated heterocycles. The first kappa shape index (κ1) is 5.74. The summed E-state index contributed by atoms with van der Waals surface area (Å²) in [5, 5.41) is 0. The quantitative estimate of drug-likeness (QED) is 0.471. The third-order valence-electron chi connectivity index (χ3n) is 0.989. The van der Waals surface area contributed by atoms with E-state index in [9.17, 15) is 4.79 Å². The Morgan fingerprint density at radius 1 is 1.67 bits per heavy atom. The van der Waals surface area contributed by atoms with Crippen LogP contribution in [0.25, 0.3) is 0 Å². The lowest BCUT2D eigenvalue weighted by Crippen LogP contribution is -2.22. The van der Waals surface area contributed by atoms with Crippen molar-refractivity contribution in [3.63, 3.8) is 0 Å². The molecule has 0 aliphatic heterocycles. The molecule has 2 N–H and O–H groups in total. The SMILES string of the molecule is Cn1c(N)ncnc1=O.